The average Bonchev–Trinajstić information content (AvgIpc) is 2.65. The van der Waals surface area contributed by atoms with Crippen LogP contribution >= 0.6 is 0 Å². The number of rotatable bonds is 3. The molecule has 0 fully saturated rings. The standard InChI is InChI=1S/C19H20F2N4/c20-15-4-3-5-16(21)14(15)12-25-9-7-17-13(11-25)10-23-19(24-17)18-6-1-2-8-22-18/h3-5,10H,1-2,6-9,11-12H2. The van der Waals surface area contributed by atoms with Crippen LogP contribution in [0.25, 0.3) is 0 Å². The number of fused-ring (bicyclic) bond motifs is 1. The number of hydrogen-bond acceptors (Lipinski definition) is 4. The molecule has 0 saturated carbocycles. The van der Waals surface area contributed by atoms with Crippen LogP contribution in [0.1, 0.15) is 41.9 Å². The SMILES string of the molecule is Fc1cccc(F)c1CN1CCc2nc(C3=NCCCC3)ncc2C1. The molecule has 0 atom stereocenters. The predicted octanol–water partition coefficient (Wildman–Crippen LogP) is 3.29. The van der Waals surface area contributed by atoms with Crippen LogP contribution in [0.3, 0.4) is 0 Å². The number of nitrogens with zero attached hydrogens (tertiary/aromatic N) is 4. The Morgan fingerprint density at radius 2 is 1.92 bits per heavy atom. The Hall–Kier alpha value is -2.21. The predicted molar refractivity (Wildman–Crippen MR) is 91.5 cm³/mol. The number of benzene rings is 1. The van der Waals surface area contributed by atoms with E-state index in [9.17, 15) is 8.78 Å². The molecule has 0 bridgehead atoms. The van der Waals surface area contributed by atoms with E-state index in [0.717, 1.165) is 61.6 Å². The van der Waals surface area contributed by atoms with E-state index in [1.165, 1.54) is 18.2 Å². The Morgan fingerprint density at radius 1 is 1.08 bits per heavy atom. The minimum atomic E-state index is -0.493. The molecule has 4 nitrogen and oxygen atoms in total. The molecule has 3 heterocycles. The minimum absolute atomic E-state index is 0.125. The molecule has 0 amide bonds. The van der Waals surface area contributed by atoms with Gasteiger partial charge < -0.3 is 0 Å². The lowest BCUT2D eigenvalue weighted by Crippen LogP contribution is -2.32. The molecule has 25 heavy (non-hydrogen) atoms. The van der Waals surface area contributed by atoms with Crippen LogP contribution in [-0.4, -0.2) is 33.7 Å². The average molecular weight is 342 g/mol. The van der Waals surface area contributed by atoms with Crippen LogP contribution in [0, 0.1) is 11.6 Å². The van der Waals surface area contributed by atoms with E-state index in [4.69, 9.17) is 4.98 Å². The summed E-state index contributed by atoms with van der Waals surface area (Å²) in [5, 5.41) is 0. The highest BCUT2D eigenvalue weighted by Gasteiger charge is 2.22. The monoisotopic (exact) mass is 342 g/mol. The van der Waals surface area contributed by atoms with Crippen molar-refractivity contribution in [2.24, 2.45) is 4.99 Å². The van der Waals surface area contributed by atoms with Gasteiger partial charge in [0.2, 0.25) is 0 Å². The van der Waals surface area contributed by atoms with Gasteiger partial charge in [0, 0.05) is 49.9 Å². The third-order valence-corrected chi connectivity index (χ3v) is 4.84. The maximum Gasteiger partial charge on any atom is 0.173 e. The van der Waals surface area contributed by atoms with Crippen LogP contribution in [0.15, 0.2) is 29.4 Å². The van der Waals surface area contributed by atoms with E-state index in [0.29, 0.717) is 6.54 Å². The Labute approximate surface area is 145 Å². The van der Waals surface area contributed by atoms with Crippen molar-refractivity contribution in [3.63, 3.8) is 0 Å². The lowest BCUT2D eigenvalue weighted by atomic mass is 10.0. The Bertz CT molecular complexity index is 799. The van der Waals surface area contributed by atoms with Gasteiger partial charge >= 0.3 is 0 Å². The summed E-state index contributed by atoms with van der Waals surface area (Å²) in [6.07, 6.45) is 5.82. The topological polar surface area (TPSA) is 41.4 Å². The summed E-state index contributed by atoms with van der Waals surface area (Å²) in [4.78, 5) is 15.7. The van der Waals surface area contributed by atoms with Crippen molar-refractivity contribution in [3.8, 4) is 0 Å². The number of hydrogen-bond donors (Lipinski definition) is 0. The van der Waals surface area contributed by atoms with Crippen molar-refractivity contribution in [2.45, 2.75) is 38.8 Å². The van der Waals surface area contributed by atoms with Crippen molar-refractivity contribution in [3.05, 3.63) is 58.7 Å². The maximum absolute atomic E-state index is 13.9. The van der Waals surface area contributed by atoms with Crippen LogP contribution < -0.4 is 0 Å². The van der Waals surface area contributed by atoms with E-state index < -0.39 is 11.6 Å². The Kier molecular flexibility index (Phi) is 4.53. The van der Waals surface area contributed by atoms with E-state index in [1.807, 2.05) is 11.1 Å². The third-order valence-electron chi connectivity index (χ3n) is 4.84. The van der Waals surface area contributed by atoms with Crippen molar-refractivity contribution in [2.75, 3.05) is 13.1 Å². The van der Waals surface area contributed by atoms with Crippen LogP contribution in [0.5, 0.6) is 0 Å². The zero-order valence-electron chi connectivity index (χ0n) is 14.0. The minimum Gasteiger partial charge on any atom is -0.294 e. The van der Waals surface area contributed by atoms with Gasteiger partial charge in [-0.05, 0) is 31.4 Å². The summed E-state index contributed by atoms with van der Waals surface area (Å²) in [7, 11) is 0. The first kappa shape index (κ1) is 16.3. The highest BCUT2D eigenvalue weighted by Crippen LogP contribution is 2.22. The van der Waals surface area contributed by atoms with Gasteiger partial charge in [-0.3, -0.25) is 9.89 Å². The van der Waals surface area contributed by atoms with Gasteiger partial charge in [-0.25, -0.2) is 18.7 Å². The van der Waals surface area contributed by atoms with E-state index in [-0.39, 0.29) is 12.1 Å². The third kappa shape index (κ3) is 3.44. The second-order valence-corrected chi connectivity index (χ2v) is 6.61. The van der Waals surface area contributed by atoms with Gasteiger partial charge in [-0.2, -0.15) is 0 Å². The van der Waals surface area contributed by atoms with Gasteiger partial charge in [0.1, 0.15) is 11.6 Å². The number of aliphatic imine (C=N–C) groups is 1. The fraction of sp³-hybridized carbons (Fsp3) is 0.421. The highest BCUT2D eigenvalue weighted by molar-refractivity contribution is 5.97. The summed E-state index contributed by atoms with van der Waals surface area (Å²) in [6, 6.07) is 4.00. The largest absolute Gasteiger partial charge is 0.294 e. The Balaban J connectivity index is 1.51. The molecular formula is C19H20F2N4. The van der Waals surface area contributed by atoms with Crippen molar-refractivity contribution < 1.29 is 8.78 Å². The summed E-state index contributed by atoms with van der Waals surface area (Å²) < 4.78 is 27.7. The second-order valence-electron chi connectivity index (χ2n) is 6.61. The normalized spacial score (nSPS) is 17.9. The van der Waals surface area contributed by atoms with E-state index in [2.05, 4.69) is 9.98 Å². The van der Waals surface area contributed by atoms with Gasteiger partial charge in [0.05, 0.1) is 11.4 Å². The molecule has 4 rings (SSSR count). The maximum atomic E-state index is 13.9. The van der Waals surface area contributed by atoms with Crippen molar-refractivity contribution in [1.29, 1.82) is 0 Å². The molecule has 2 aromatic rings. The molecule has 0 radical (unpaired) electrons. The van der Waals surface area contributed by atoms with Crippen LogP contribution in [-0.2, 0) is 19.5 Å². The van der Waals surface area contributed by atoms with Crippen LogP contribution in [0.2, 0.25) is 0 Å². The summed E-state index contributed by atoms with van der Waals surface area (Å²) >= 11 is 0. The molecule has 130 valence electrons. The van der Waals surface area contributed by atoms with Gasteiger partial charge in [0.25, 0.3) is 0 Å². The van der Waals surface area contributed by atoms with Gasteiger partial charge in [0.15, 0.2) is 5.82 Å². The van der Waals surface area contributed by atoms with E-state index in [1.54, 1.807) is 0 Å². The smallest absolute Gasteiger partial charge is 0.173 e. The second kappa shape index (κ2) is 6.96. The zero-order chi connectivity index (χ0) is 17.2. The number of aromatic nitrogens is 2. The molecule has 1 aromatic heterocycles. The first-order valence-electron chi connectivity index (χ1n) is 8.74. The molecule has 1 aromatic carbocycles. The molecule has 0 aliphatic carbocycles. The molecule has 6 heteroatoms. The quantitative estimate of drug-likeness (QED) is 0.859. The lowest BCUT2D eigenvalue weighted by Gasteiger charge is -2.28. The first-order chi connectivity index (χ1) is 12.2. The molecular weight excluding hydrogens is 322 g/mol. The molecule has 0 saturated heterocycles. The summed E-state index contributed by atoms with van der Waals surface area (Å²) in [5.74, 6) is -0.243. The molecule has 2 aliphatic rings. The molecule has 0 unspecified atom stereocenters. The van der Waals surface area contributed by atoms with Gasteiger partial charge in [-0.15, -0.1) is 0 Å². The highest BCUT2D eigenvalue weighted by atomic mass is 19.1. The zero-order valence-corrected chi connectivity index (χ0v) is 14.0. The molecule has 2 aliphatic heterocycles. The number of halogens is 2. The fourth-order valence-electron chi connectivity index (χ4n) is 3.44. The van der Waals surface area contributed by atoms with Crippen LogP contribution in [0.4, 0.5) is 8.78 Å². The van der Waals surface area contributed by atoms with E-state index >= 15 is 0 Å². The molecule has 0 N–H and O–H groups in total. The van der Waals surface area contributed by atoms with Gasteiger partial charge in [-0.1, -0.05) is 6.07 Å². The fourth-order valence-corrected chi connectivity index (χ4v) is 3.44. The summed E-state index contributed by atoms with van der Waals surface area (Å²) in [5.41, 5.74) is 3.19. The lowest BCUT2D eigenvalue weighted by molar-refractivity contribution is 0.236. The first-order valence-corrected chi connectivity index (χ1v) is 8.74. The summed E-state index contributed by atoms with van der Waals surface area (Å²) in [6.45, 7) is 2.45. The Morgan fingerprint density at radius 3 is 2.68 bits per heavy atom. The molecule has 0 spiro atoms. The van der Waals surface area contributed by atoms with Crippen molar-refractivity contribution in [1.82, 2.24) is 14.9 Å². The van der Waals surface area contributed by atoms with Crippen molar-refractivity contribution >= 4 is 5.71 Å².